The third kappa shape index (κ3) is 3.32. The topological polar surface area (TPSA) is 55.8 Å². The summed E-state index contributed by atoms with van der Waals surface area (Å²) in [5.41, 5.74) is 1.65. The Kier molecular flexibility index (Phi) is 4.42. The largest absolute Gasteiger partial charge is 0.496 e. The molecule has 0 spiro atoms. The first kappa shape index (κ1) is 16.9. The number of carbonyl (C=O) groups is 1. The summed E-state index contributed by atoms with van der Waals surface area (Å²) in [5.74, 6) is -2.30. The molecule has 0 bridgehead atoms. The van der Waals surface area contributed by atoms with Gasteiger partial charge in [-0.1, -0.05) is 36.4 Å². The Morgan fingerprint density at radius 2 is 1.92 bits per heavy atom. The van der Waals surface area contributed by atoms with Gasteiger partial charge in [-0.3, -0.25) is 0 Å². The van der Waals surface area contributed by atoms with Crippen LogP contribution in [0.2, 0.25) is 0 Å². The molecule has 0 aromatic heterocycles. The van der Waals surface area contributed by atoms with Gasteiger partial charge >= 0.3 is 5.97 Å². The van der Waals surface area contributed by atoms with Gasteiger partial charge in [-0.25, -0.2) is 9.18 Å². The third-order valence-electron chi connectivity index (χ3n) is 3.91. The standard InChI is InChI=1S/C20H17FO4/c1-20(23)18(15-8-3-4-9-17(15)24-2)16(19(22)25-20)11-10-13-6-5-7-14(21)12-13/h3-12,23H,1-2H3/b11-10+. The molecule has 128 valence electrons. The van der Waals surface area contributed by atoms with Gasteiger partial charge in [0.2, 0.25) is 5.79 Å². The molecule has 5 heteroatoms. The molecule has 1 heterocycles. The summed E-state index contributed by atoms with van der Waals surface area (Å²) in [6.45, 7) is 1.40. The van der Waals surface area contributed by atoms with Crippen LogP contribution in [-0.2, 0) is 9.53 Å². The number of hydrogen-bond acceptors (Lipinski definition) is 4. The zero-order valence-electron chi connectivity index (χ0n) is 13.8. The summed E-state index contributed by atoms with van der Waals surface area (Å²) in [6, 6.07) is 13.0. The van der Waals surface area contributed by atoms with E-state index >= 15 is 0 Å². The molecule has 2 aromatic carbocycles. The molecule has 1 unspecified atom stereocenters. The first-order valence-corrected chi connectivity index (χ1v) is 7.70. The van der Waals surface area contributed by atoms with E-state index in [1.165, 1.54) is 32.2 Å². The maximum Gasteiger partial charge on any atom is 0.341 e. The number of esters is 1. The lowest BCUT2D eigenvalue weighted by atomic mass is 9.94. The van der Waals surface area contributed by atoms with Crippen molar-refractivity contribution < 1.29 is 23.8 Å². The van der Waals surface area contributed by atoms with Crippen LogP contribution in [0.4, 0.5) is 4.39 Å². The minimum absolute atomic E-state index is 0.193. The summed E-state index contributed by atoms with van der Waals surface area (Å²) in [5, 5.41) is 10.6. The van der Waals surface area contributed by atoms with Crippen LogP contribution in [-0.4, -0.2) is 24.0 Å². The number of cyclic esters (lactones) is 1. The van der Waals surface area contributed by atoms with Crippen LogP contribution in [0.5, 0.6) is 5.75 Å². The number of methoxy groups -OCH3 is 1. The molecule has 1 aliphatic heterocycles. The number of ether oxygens (including phenoxy) is 2. The Morgan fingerprint density at radius 3 is 2.64 bits per heavy atom. The van der Waals surface area contributed by atoms with Gasteiger partial charge in [0.25, 0.3) is 0 Å². The summed E-state index contributed by atoms with van der Waals surface area (Å²) < 4.78 is 23.7. The number of aliphatic hydroxyl groups is 1. The monoisotopic (exact) mass is 340 g/mol. The minimum Gasteiger partial charge on any atom is -0.496 e. The number of benzene rings is 2. The fourth-order valence-electron chi connectivity index (χ4n) is 2.83. The van der Waals surface area contributed by atoms with E-state index in [2.05, 4.69) is 0 Å². The molecule has 2 aromatic rings. The van der Waals surface area contributed by atoms with Crippen LogP contribution < -0.4 is 4.74 Å². The number of carbonyl (C=O) groups excluding carboxylic acids is 1. The highest BCUT2D eigenvalue weighted by Gasteiger charge is 2.43. The van der Waals surface area contributed by atoms with E-state index in [4.69, 9.17) is 9.47 Å². The first-order valence-electron chi connectivity index (χ1n) is 7.70. The molecule has 4 nitrogen and oxygen atoms in total. The van der Waals surface area contributed by atoms with Gasteiger partial charge in [-0.2, -0.15) is 0 Å². The SMILES string of the molecule is COc1ccccc1C1=C(/C=C/c2cccc(F)c2)C(=O)OC1(C)O. The molecule has 1 aliphatic rings. The minimum atomic E-state index is -1.78. The molecule has 0 aliphatic carbocycles. The smallest absolute Gasteiger partial charge is 0.341 e. The number of rotatable bonds is 4. The van der Waals surface area contributed by atoms with E-state index in [0.717, 1.165) is 0 Å². The van der Waals surface area contributed by atoms with Gasteiger partial charge < -0.3 is 14.6 Å². The highest BCUT2D eigenvalue weighted by molar-refractivity contribution is 6.07. The van der Waals surface area contributed by atoms with Crippen LogP contribution in [0.1, 0.15) is 18.1 Å². The van der Waals surface area contributed by atoms with E-state index in [1.807, 2.05) is 0 Å². The van der Waals surface area contributed by atoms with Crippen LogP contribution in [0.15, 0.2) is 60.2 Å². The fourth-order valence-corrected chi connectivity index (χ4v) is 2.83. The molecule has 0 radical (unpaired) electrons. The molecule has 0 fully saturated rings. The molecule has 0 saturated carbocycles. The van der Waals surface area contributed by atoms with Crippen molar-refractivity contribution in [2.75, 3.05) is 7.11 Å². The second kappa shape index (κ2) is 6.53. The predicted molar refractivity (Wildman–Crippen MR) is 92.1 cm³/mol. The van der Waals surface area contributed by atoms with E-state index in [0.29, 0.717) is 22.4 Å². The Morgan fingerprint density at radius 1 is 1.16 bits per heavy atom. The quantitative estimate of drug-likeness (QED) is 0.865. The fraction of sp³-hybridized carbons (Fsp3) is 0.150. The highest BCUT2D eigenvalue weighted by Crippen LogP contribution is 2.42. The van der Waals surface area contributed by atoms with Crippen molar-refractivity contribution in [1.82, 2.24) is 0 Å². The van der Waals surface area contributed by atoms with Crippen molar-refractivity contribution in [3.05, 3.63) is 77.1 Å². The van der Waals surface area contributed by atoms with E-state index in [9.17, 15) is 14.3 Å². The van der Waals surface area contributed by atoms with Gasteiger partial charge in [0, 0.05) is 18.1 Å². The Labute approximate surface area is 144 Å². The maximum absolute atomic E-state index is 13.3. The zero-order valence-corrected chi connectivity index (χ0v) is 13.8. The lowest BCUT2D eigenvalue weighted by Crippen LogP contribution is -2.26. The van der Waals surface area contributed by atoms with Gasteiger partial charge in [-0.05, 0) is 29.8 Å². The van der Waals surface area contributed by atoms with Gasteiger partial charge in [0.05, 0.1) is 12.7 Å². The zero-order chi connectivity index (χ0) is 18.0. The average Bonchev–Trinajstić information content (AvgIpc) is 2.81. The van der Waals surface area contributed by atoms with Gasteiger partial charge in [-0.15, -0.1) is 0 Å². The summed E-state index contributed by atoms with van der Waals surface area (Å²) in [6.07, 6.45) is 3.11. The molecule has 1 N–H and O–H groups in total. The first-order chi connectivity index (χ1) is 11.9. The second-order valence-electron chi connectivity index (χ2n) is 5.75. The van der Waals surface area contributed by atoms with Crippen LogP contribution in [0, 0.1) is 5.82 Å². The molecule has 3 rings (SSSR count). The molecule has 0 amide bonds. The van der Waals surface area contributed by atoms with Crippen molar-refractivity contribution in [3.8, 4) is 5.75 Å². The average molecular weight is 340 g/mol. The Hall–Kier alpha value is -2.92. The molecule has 25 heavy (non-hydrogen) atoms. The normalized spacial score (nSPS) is 20.2. The number of hydrogen-bond donors (Lipinski definition) is 1. The molecular weight excluding hydrogens is 323 g/mol. The van der Waals surface area contributed by atoms with E-state index in [-0.39, 0.29) is 11.4 Å². The van der Waals surface area contributed by atoms with Crippen molar-refractivity contribution in [1.29, 1.82) is 0 Å². The second-order valence-corrected chi connectivity index (χ2v) is 5.75. The van der Waals surface area contributed by atoms with Crippen molar-refractivity contribution in [2.45, 2.75) is 12.7 Å². The van der Waals surface area contributed by atoms with Gasteiger partial charge in [0.15, 0.2) is 0 Å². The summed E-state index contributed by atoms with van der Waals surface area (Å²) in [7, 11) is 1.51. The molecule has 1 atom stereocenters. The van der Waals surface area contributed by atoms with Crippen molar-refractivity contribution >= 4 is 17.6 Å². The summed E-state index contributed by atoms with van der Waals surface area (Å²) >= 11 is 0. The van der Waals surface area contributed by atoms with Crippen LogP contribution in [0.25, 0.3) is 11.6 Å². The van der Waals surface area contributed by atoms with Crippen molar-refractivity contribution in [3.63, 3.8) is 0 Å². The summed E-state index contributed by atoms with van der Waals surface area (Å²) in [4.78, 5) is 12.3. The van der Waals surface area contributed by atoms with E-state index < -0.39 is 11.8 Å². The highest BCUT2D eigenvalue weighted by atomic mass is 19.1. The lowest BCUT2D eigenvalue weighted by molar-refractivity contribution is -0.170. The Balaban J connectivity index is 2.13. The molecule has 0 saturated heterocycles. The van der Waals surface area contributed by atoms with Crippen LogP contribution >= 0.6 is 0 Å². The van der Waals surface area contributed by atoms with E-state index in [1.54, 1.807) is 42.5 Å². The van der Waals surface area contributed by atoms with Crippen LogP contribution in [0.3, 0.4) is 0 Å². The number of halogens is 1. The van der Waals surface area contributed by atoms with Crippen molar-refractivity contribution in [2.24, 2.45) is 0 Å². The Bertz CT molecular complexity index is 881. The molecular formula is C20H17FO4. The number of para-hydroxylation sites is 1. The van der Waals surface area contributed by atoms with Gasteiger partial charge in [0.1, 0.15) is 11.6 Å². The maximum atomic E-state index is 13.3. The lowest BCUT2D eigenvalue weighted by Gasteiger charge is -2.21. The predicted octanol–water partition coefficient (Wildman–Crippen LogP) is 3.57. The third-order valence-corrected chi connectivity index (χ3v) is 3.91.